The third-order valence-corrected chi connectivity index (χ3v) is 3.63. The lowest BCUT2D eigenvalue weighted by Gasteiger charge is -2.40. The Labute approximate surface area is 112 Å². The molecule has 6 nitrogen and oxygen atoms in total. The smallest absolute Gasteiger partial charge is 0.251 e. The molecule has 0 atom stereocenters. The highest BCUT2D eigenvalue weighted by atomic mass is 16.5. The van der Waals surface area contributed by atoms with Crippen molar-refractivity contribution in [3.63, 3.8) is 0 Å². The third-order valence-electron chi connectivity index (χ3n) is 3.63. The number of aryl methyl sites for hydroxylation is 1. The lowest BCUT2D eigenvalue weighted by Crippen LogP contribution is -2.49. The van der Waals surface area contributed by atoms with Gasteiger partial charge in [0.15, 0.2) is 0 Å². The second kappa shape index (κ2) is 5.54. The number of hydrogen-bond acceptors (Lipinski definition) is 5. The first-order chi connectivity index (χ1) is 9.08. The maximum atomic E-state index is 12.1. The topological polar surface area (TPSA) is 89.3 Å². The summed E-state index contributed by atoms with van der Waals surface area (Å²) in [6.45, 7) is 2.36. The minimum absolute atomic E-state index is 0.134. The summed E-state index contributed by atoms with van der Waals surface area (Å²) in [7, 11) is 1.69. The zero-order chi connectivity index (χ0) is 13.9. The van der Waals surface area contributed by atoms with Crippen LogP contribution in [0.15, 0.2) is 12.1 Å². The number of amides is 1. The van der Waals surface area contributed by atoms with E-state index in [-0.39, 0.29) is 11.5 Å². The highest BCUT2D eigenvalue weighted by Gasteiger charge is 2.37. The SMILES string of the molecule is COC1(CNC(=O)c2cc(C)nc(NN)c2)CCC1. The number of carbonyl (C=O) groups is 1. The van der Waals surface area contributed by atoms with Gasteiger partial charge in [-0.05, 0) is 38.3 Å². The van der Waals surface area contributed by atoms with E-state index in [1.54, 1.807) is 19.2 Å². The number of nitrogens with two attached hydrogens (primary N) is 1. The van der Waals surface area contributed by atoms with Crippen LogP contribution in [0, 0.1) is 6.92 Å². The number of anilines is 1. The molecule has 1 aromatic rings. The standard InChI is InChI=1S/C13H20N4O2/c1-9-6-10(7-11(16-9)17-14)12(18)15-8-13(19-2)4-3-5-13/h6-7H,3-5,8,14H2,1-2H3,(H,15,18)(H,16,17). The second-order valence-electron chi connectivity index (χ2n) is 4.95. The summed E-state index contributed by atoms with van der Waals surface area (Å²) in [4.78, 5) is 16.3. The number of hydrogen-bond donors (Lipinski definition) is 3. The molecule has 1 aliphatic carbocycles. The first kappa shape index (κ1) is 13.8. The van der Waals surface area contributed by atoms with Crippen LogP contribution in [-0.2, 0) is 4.74 Å². The van der Waals surface area contributed by atoms with Crippen molar-refractivity contribution in [3.8, 4) is 0 Å². The van der Waals surface area contributed by atoms with E-state index in [0.29, 0.717) is 17.9 Å². The van der Waals surface area contributed by atoms with Crippen molar-refractivity contribution >= 4 is 11.7 Å². The predicted molar refractivity (Wildman–Crippen MR) is 72.7 cm³/mol. The Morgan fingerprint density at radius 3 is 2.79 bits per heavy atom. The number of rotatable bonds is 5. The Hall–Kier alpha value is -1.66. The number of carbonyl (C=O) groups excluding carboxylic acids is 1. The van der Waals surface area contributed by atoms with Crippen LogP contribution in [-0.4, -0.2) is 30.1 Å². The Balaban J connectivity index is 2.01. The highest BCUT2D eigenvalue weighted by Crippen LogP contribution is 2.34. The van der Waals surface area contributed by atoms with E-state index in [1.165, 1.54) is 0 Å². The molecule has 4 N–H and O–H groups in total. The van der Waals surface area contributed by atoms with Gasteiger partial charge in [0.2, 0.25) is 0 Å². The summed E-state index contributed by atoms with van der Waals surface area (Å²) in [6, 6.07) is 3.36. The molecule has 1 saturated carbocycles. The minimum atomic E-state index is -0.174. The Morgan fingerprint density at radius 1 is 1.53 bits per heavy atom. The first-order valence-corrected chi connectivity index (χ1v) is 6.37. The van der Waals surface area contributed by atoms with Crippen molar-refractivity contribution in [3.05, 3.63) is 23.4 Å². The van der Waals surface area contributed by atoms with E-state index in [4.69, 9.17) is 10.6 Å². The summed E-state index contributed by atoms with van der Waals surface area (Å²) < 4.78 is 5.47. The van der Waals surface area contributed by atoms with Crippen LogP contribution in [0.25, 0.3) is 0 Å². The maximum Gasteiger partial charge on any atom is 0.251 e. The molecule has 0 spiro atoms. The molecule has 1 amide bonds. The maximum absolute atomic E-state index is 12.1. The van der Waals surface area contributed by atoms with Gasteiger partial charge in [0, 0.05) is 24.9 Å². The van der Waals surface area contributed by atoms with Gasteiger partial charge in [-0.3, -0.25) is 4.79 Å². The Bertz CT molecular complexity index is 466. The summed E-state index contributed by atoms with van der Waals surface area (Å²) in [5.74, 6) is 5.67. The number of nitrogen functional groups attached to an aromatic ring is 1. The van der Waals surface area contributed by atoms with Crippen LogP contribution in [0.1, 0.15) is 35.3 Å². The average molecular weight is 264 g/mol. The summed E-state index contributed by atoms with van der Waals surface area (Å²) in [6.07, 6.45) is 3.14. The second-order valence-corrected chi connectivity index (χ2v) is 4.95. The monoisotopic (exact) mass is 264 g/mol. The van der Waals surface area contributed by atoms with Gasteiger partial charge in [-0.2, -0.15) is 0 Å². The average Bonchev–Trinajstić information content (AvgIpc) is 2.37. The zero-order valence-corrected chi connectivity index (χ0v) is 11.3. The molecular weight excluding hydrogens is 244 g/mol. The van der Waals surface area contributed by atoms with Gasteiger partial charge < -0.3 is 15.5 Å². The number of pyridine rings is 1. The van der Waals surface area contributed by atoms with Crippen molar-refractivity contribution in [2.24, 2.45) is 5.84 Å². The Morgan fingerprint density at radius 2 is 2.26 bits per heavy atom. The van der Waals surface area contributed by atoms with E-state index in [0.717, 1.165) is 25.0 Å². The molecule has 0 saturated heterocycles. The van der Waals surface area contributed by atoms with Crippen molar-refractivity contribution < 1.29 is 9.53 Å². The van der Waals surface area contributed by atoms with Gasteiger partial charge >= 0.3 is 0 Å². The van der Waals surface area contributed by atoms with Crippen LogP contribution in [0.4, 0.5) is 5.82 Å². The van der Waals surface area contributed by atoms with Gasteiger partial charge in [-0.15, -0.1) is 0 Å². The van der Waals surface area contributed by atoms with Crippen LogP contribution in [0.2, 0.25) is 0 Å². The molecule has 0 radical (unpaired) electrons. The van der Waals surface area contributed by atoms with Gasteiger partial charge in [-0.1, -0.05) is 0 Å². The Kier molecular flexibility index (Phi) is 4.01. The number of ether oxygens (including phenoxy) is 1. The normalized spacial score (nSPS) is 16.6. The molecule has 0 unspecified atom stereocenters. The molecule has 1 aromatic heterocycles. The molecule has 104 valence electrons. The molecule has 0 aromatic carbocycles. The van der Waals surface area contributed by atoms with Crippen LogP contribution >= 0.6 is 0 Å². The molecule has 1 fully saturated rings. The molecule has 0 bridgehead atoms. The van der Waals surface area contributed by atoms with E-state index >= 15 is 0 Å². The fraction of sp³-hybridized carbons (Fsp3) is 0.538. The van der Waals surface area contributed by atoms with Crippen molar-refractivity contribution in [2.75, 3.05) is 19.1 Å². The van der Waals surface area contributed by atoms with Crippen LogP contribution < -0.4 is 16.6 Å². The predicted octanol–water partition coefficient (Wildman–Crippen LogP) is 0.975. The van der Waals surface area contributed by atoms with Gasteiger partial charge in [0.25, 0.3) is 5.91 Å². The van der Waals surface area contributed by atoms with E-state index in [2.05, 4.69) is 15.7 Å². The van der Waals surface area contributed by atoms with Gasteiger partial charge in [0.05, 0.1) is 5.60 Å². The van der Waals surface area contributed by atoms with Gasteiger partial charge in [0.1, 0.15) is 5.82 Å². The van der Waals surface area contributed by atoms with E-state index < -0.39 is 0 Å². The molecule has 1 heterocycles. The summed E-state index contributed by atoms with van der Waals surface area (Å²) in [5, 5.41) is 2.91. The van der Waals surface area contributed by atoms with E-state index in [9.17, 15) is 4.79 Å². The van der Waals surface area contributed by atoms with Crippen LogP contribution in [0.3, 0.4) is 0 Å². The van der Waals surface area contributed by atoms with Crippen molar-refractivity contribution in [2.45, 2.75) is 31.8 Å². The number of nitrogens with zero attached hydrogens (tertiary/aromatic N) is 1. The molecule has 0 aliphatic heterocycles. The largest absolute Gasteiger partial charge is 0.376 e. The fourth-order valence-electron chi connectivity index (χ4n) is 2.24. The molecule has 6 heteroatoms. The van der Waals surface area contributed by atoms with Crippen molar-refractivity contribution in [1.29, 1.82) is 0 Å². The molecular formula is C13H20N4O2. The molecule has 1 aliphatic rings. The quantitative estimate of drug-likeness (QED) is 0.545. The minimum Gasteiger partial charge on any atom is -0.376 e. The molecule has 19 heavy (non-hydrogen) atoms. The molecule has 2 rings (SSSR count). The lowest BCUT2D eigenvalue weighted by molar-refractivity contribution is -0.0679. The summed E-state index contributed by atoms with van der Waals surface area (Å²) in [5.41, 5.74) is 3.57. The third kappa shape index (κ3) is 3.02. The number of nitrogens with one attached hydrogen (secondary N) is 2. The first-order valence-electron chi connectivity index (χ1n) is 6.37. The number of aromatic nitrogens is 1. The fourth-order valence-corrected chi connectivity index (χ4v) is 2.24. The van der Waals surface area contributed by atoms with Gasteiger partial charge in [-0.25, -0.2) is 10.8 Å². The zero-order valence-electron chi connectivity index (χ0n) is 11.3. The lowest BCUT2D eigenvalue weighted by atomic mass is 9.80. The number of hydrazine groups is 1. The van der Waals surface area contributed by atoms with Crippen molar-refractivity contribution in [1.82, 2.24) is 10.3 Å². The van der Waals surface area contributed by atoms with Crippen LogP contribution in [0.5, 0.6) is 0 Å². The highest BCUT2D eigenvalue weighted by molar-refractivity contribution is 5.95. The summed E-state index contributed by atoms with van der Waals surface area (Å²) >= 11 is 0. The number of methoxy groups -OCH3 is 1. The van der Waals surface area contributed by atoms with E-state index in [1.807, 2.05) is 6.92 Å².